The van der Waals surface area contributed by atoms with E-state index in [1.54, 1.807) is 0 Å². The fraction of sp³-hybridized carbons (Fsp3) is 0.333. The third kappa shape index (κ3) is 4.44. The average molecular weight is 525 g/mol. The first-order valence-electron chi connectivity index (χ1n) is 13.9. The summed E-state index contributed by atoms with van der Waals surface area (Å²) in [4.78, 5) is 0. The molecular weight excluding hydrogens is 485 g/mol. The molecule has 0 radical (unpaired) electrons. The zero-order valence-corrected chi connectivity index (χ0v) is 24.1. The molecule has 0 N–H and O–H groups in total. The standard InChI is InChI=1S/C33H40O2Si2/c1-3-36(28-29-18-8-5-9-19-29)32(24-14-16-26-34-32)33(25-15-17-27-35-33)37(4-2,30-20-10-6-11-21-30)31-22-12-7-13-23-31/h3-13,18-23,36H,1-2,14-17,24-28H2. The molecule has 0 spiro atoms. The van der Waals surface area contributed by atoms with Crippen molar-refractivity contribution in [1.29, 1.82) is 0 Å². The summed E-state index contributed by atoms with van der Waals surface area (Å²) in [5, 5.41) is 1.93. The van der Waals surface area contributed by atoms with Gasteiger partial charge in [0.2, 0.25) is 0 Å². The van der Waals surface area contributed by atoms with Crippen LogP contribution < -0.4 is 10.4 Å². The van der Waals surface area contributed by atoms with Crippen LogP contribution in [0.4, 0.5) is 0 Å². The second kappa shape index (κ2) is 11.5. The first kappa shape index (κ1) is 26.1. The highest BCUT2D eigenvalue weighted by Crippen LogP contribution is 2.50. The monoisotopic (exact) mass is 524 g/mol. The lowest BCUT2D eigenvalue weighted by Gasteiger charge is -2.62. The van der Waals surface area contributed by atoms with Gasteiger partial charge in [-0.3, -0.25) is 0 Å². The van der Waals surface area contributed by atoms with Crippen molar-refractivity contribution >= 4 is 27.2 Å². The Hall–Kier alpha value is -2.51. The zero-order chi connectivity index (χ0) is 25.6. The minimum atomic E-state index is -2.72. The van der Waals surface area contributed by atoms with Crippen LogP contribution in [0.2, 0.25) is 0 Å². The fourth-order valence-electron chi connectivity index (χ4n) is 7.24. The predicted octanol–water partition coefficient (Wildman–Crippen LogP) is 5.67. The normalized spacial score (nSPS) is 25.2. The van der Waals surface area contributed by atoms with Gasteiger partial charge in [-0.25, -0.2) is 0 Å². The van der Waals surface area contributed by atoms with Crippen molar-refractivity contribution in [3.8, 4) is 0 Å². The molecule has 37 heavy (non-hydrogen) atoms. The van der Waals surface area contributed by atoms with E-state index in [0.717, 1.165) is 51.4 Å². The van der Waals surface area contributed by atoms with Crippen molar-refractivity contribution in [2.24, 2.45) is 0 Å². The van der Waals surface area contributed by atoms with Crippen molar-refractivity contribution in [3.05, 3.63) is 121 Å². The van der Waals surface area contributed by atoms with Crippen LogP contribution in [-0.2, 0) is 15.5 Å². The van der Waals surface area contributed by atoms with Crippen LogP contribution in [0.3, 0.4) is 0 Å². The molecule has 0 aromatic heterocycles. The summed E-state index contributed by atoms with van der Waals surface area (Å²) in [5.41, 5.74) is 6.00. The van der Waals surface area contributed by atoms with Gasteiger partial charge in [0.05, 0.1) is 10.4 Å². The molecule has 0 bridgehead atoms. The summed E-state index contributed by atoms with van der Waals surface area (Å²) in [5.74, 6) is 0. The molecule has 5 rings (SSSR count). The van der Waals surface area contributed by atoms with E-state index in [4.69, 9.17) is 9.47 Å². The van der Waals surface area contributed by atoms with Gasteiger partial charge in [-0.1, -0.05) is 102 Å². The van der Waals surface area contributed by atoms with Gasteiger partial charge in [0.25, 0.3) is 0 Å². The molecule has 3 atom stereocenters. The summed E-state index contributed by atoms with van der Waals surface area (Å²) in [7, 11) is -4.48. The van der Waals surface area contributed by atoms with Crippen LogP contribution in [0.1, 0.15) is 44.1 Å². The Morgan fingerprint density at radius 2 is 1.24 bits per heavy atom. The van der Waals surface area contributed by atoms with E-state index in [9.17, 15) is 0 Å². The number of benzene rings is 3. The zero-order valence-electron chi connectivity index (χ0n) is 22.0. The van der Waals surface area contributed by atoms with Gasteiger partial charge in [-0.15, -0.1) is 18.9 Å². The van der Waals surface area contributed by atoms with E-state index < -0.39 is 22.1 Å². The van der Waals surface area contributed by atoms with Crippen LogP contribution in [0.25, 0.3) is 0 Å². The fourth-order valence-corrected chi connectivity index (χ4v) is 17.1. The van der Waals surface area contributed by atoms with Crippen molar-refractivity contribution in [3.63, 3.8) is 0 Å². The Labute approximate surface area is 225 Å². The first-order valence-corrected chi connectivity index (χ1v) is 18.1. The summed E-state index contributed by atoms with van der Waals surface area (Å²) >= 11 is 0. The highest BCUT2D eigenvalue weighted by atomic mass is 28.3. The van der Waals surface area contributed by atoms with Crippen molar-refractivity contribution in [1.82, 2.24) is 0 Å². The van der Waals surface area contributed by atoms with E-state index in [1.807, 2.05) is 0 Å². The van der Waals surface area contributed by atoms with Crippen LogP contribution in [0.5, 0.6) is 0 Å². The highest BCUT2D eigenvalue weighted by Gasteiger charge is 2.68. The minimum Gasteiger partial charge on any atom is -0.376 e. The van der Waals surface area contributed by atoms with Crippen LogP contribution in [-0.4, -0.2) is 40.5 Å². The second-order valence-corrected chi connectivity index (χ2v) is 17.6. The molecule has 192 valence electrons. The summed E-state index contributed by atoms with van der Waals surface area (Å²) in [6, 6.07) is 34.2. The molecule has 2 heterocycles. The molecular formula is C33H40O2Si2. The van der Waals surface area contributed by atoms with Gasteiger partial charge in [0.15, 0.2) is 8.07 Å². The lowest BCUT2D eigenvalue weighted by molar-refractivity contribution is -0.165. The average Bonchev–Trinajstić information content (AvgIpc) is 2.99. The Kier molecular flexibility index (Phi) is 8.11. The largest absolute Gasteiger partial charge is 0.376 e. The predicted molar refractivity (Wildman–Crippen MR) is 161 cm³/mol. The number of ether oxygens (including phenoxy) is 2. The first-order chi connectivity index (χ1) is 18.2. The molecule has 3 unspecified atom stereocenters. The molecule has 3 aromatic rings. The van der Waals surface area contributed by atoms with Gasteiger partial charge >= 0.3 is 0 Å². The third-order valence-electron chi connectivity index (χ3n) is 8.84. The third-order valence-corrected chi connectivity index (χ3v) is 17.9. The van der Waals surface area contributed by atoms with Crippen LogP contribution in [0, 0.1) is 0 Å². The summed E-state index contributed by atoms with van der Waals surface area (Å²) < 4.78 is 14.6. The number of hydrogen-bond acceptors (Lipinski definition) is 2. The van der Waals surface area contributed by atoms with E-state index in [-0.39, 0.29) is 5.22 Å². The van der Waals surface area contributed by atoms with E-state index in [2.05, 4.69) is 116 Å². The molecule has 0 saturated carbocycles. The lowest BCUT2D eigenvalue weighted by Crippen LogP contribution is -2.84. The number of hydrogen-bond donors (Lipinski definition) is 0. The topological polar surface area (TPSA) is 18.5 Å². The van der Waals surface area contributed by atoms with Crippen LogP contribution >= 0.6 is 0 Å². The van der Waals surface area contributed by atoms with Gasteiger partial charge in [-0.05, 0) is 54.9 Å². The maximum absolute atomic E-state index is 7.35. The molecule has 2 saturated heterocycles. The molecule has 3 aromatic carbocycles. The van der Waals surface area contributed by atoms with Crippen molar-refractivity contribution < 1.29 is 9.47 Å². The maximum Gasteiger partial charge on any atom is 0.178 e. The SMILES string of the molecule is C=C[SiH](Cc1ccccc1)C1(C2([Si](C=C)(c3ccccc3)c3ccccc3)CCCCO2)CCCCO1. The van der Waals surface area contributed by atoms with Gasteiger partial charge < -0.3 is 9.47 Å². The Balaban J connectivity index is 1.79. The maximum atomic E-state index is 7.35. The van der Waals surface area contributed by atoms with Crippen molar-refractivity contribution in [2.45, 2.75) is 55.0 Å². The molecule has 2 nitrogen and oxygen atoms in total. The minimum absolute atomic E-state index is 0.352. The van der Waals surface area contributed by atoms with E-state index in [1.165, 1.54) is 22.4 Å². The summed E-state index contributed by atoms with van der Waals surface area (Å²) in [6.07, 6.45) is 6.56. The molecule has 2 aliphatic rings. The van der Waals surface area contributed by atoms with Gasteiger partial charge in [-0.2, -0.15) is 0 Å². The Morgan fingerprint density at radius 3 is 1.70 bits per heavy atom. The van der Waals surface area contributed by atoms with Gasteiger partial charge in [0, 0.05) is 13.2 Å². The molecule has 2 fully saturated rings. The second-order valence-electron chi connectivity index (χ2n) is 10.6. The lowest BCUT2D eigenvalue weighted by atomic mass is 9.96. The summed E-state index contributed by atoms with van der Waals surface area (Å²) in [6.45, 7) is 10.7. The molecule has 0 amide bonds. The van der Waals surface area contributed by atoms with Crippen LogP contribution in [0.15, 0.2) is 116 Å². The van der Waals surface area contributed by atoms with E-state index >= 15 is 0 Å². The van der Waals surface area contributed by atoms with Gasteiger partial charge in [0.1, 0.15) is 8.80 Å². The highest BCUT2D eigenvalue weighted by molar-refractivity contribution is 7.08. The Morgan fingerprint density at radius 1 is 0.703 bits per heavy atom. The van der Waals surface area contributed by atoms with E-state index in [0.29, 0.717) is 0 Å². The smallest absolute Gasteiger partial charge is 0.178 e. The number of rotatable bonds is 9. The molecule has 2 aliphatic heterocycles. The molecule has 0 aliphatic carbocycles. The van der Waals surface area contributed by atoms with Crippen molar-refractivity contribution in [2.75, 3.05) is 13.2 Å². The molecule has 4 heteroatoms. The quantitative estimate of drug-likeness (QED) is 0.336. The Bertz CT molecular complexity index is 1110.